The van der Waals surface area contributed by atoms with E-state index in [4.69, 9.17) is 4.98 Å². The number of carbonyl (C=O) groups is 1. The molecule has 0 aliphatic carbocycles. The van der Waals surface area contributed by atoms with Gasteiger partial charge in [-0.1, -0.05) is 84.6 Å². The molecule has 0 bridgehead atoms. The van der Waals surface area contributed by atoms with Gasteiger partial charge in [-0.15, -0.1) is 16.8 Å². The van der Waals surface area contributed by atoms with Gasteiger partial charge in [0.2, 0.25) is 5.91 Å². The molecule has 5 aromatic rings. The number of benzene rings is 3. The van der Waals surface area contributed by atoms with Gasteiger partial charge in [-0.05, 0) is 24.3 Å². The number of carbonyl (C=O) groups excluding carboxylic acids is 1. The molecule has 7 heteroatoms. The minimum Gasteiger partial charge on any atom is -0.325 e. The highest BCUT2D eigenvalue weighted by Crippen LogP contribution is 2.33. The first-order valence-corrected chi connectivity index (χ1v) is 12.2. The number of pyridine rings is 1. The Bertz CT molecular complexity index is 1480. The predicted molar refractivity (Wildman–Crippen MR) is 142 cm³/mol. The van der Waals surface area contributed by atoms with Crippen molar-refractivity contribution >= 4 is 34.3 Å². The maximum absolute atomic E-state index is 12.5. The number of allylic oxidation sites excluding steroid dienone is 1. The first kappa shape index (κ1) is 22.6. The highest BCUT2D eigenvalue weighted by Gasteiger charge is 2.18. The molecule has 0 radical (unpaired) electrons. The van der Waals surface area contributed by atoms with E-state index in [9.17, 15) is 4.79 Å². The summed E-state index contributed by atoms with van der Waals surface area (Å²) in [6, 6.07) is 29.6. The Kier molecular flexibility index (Phi) is 6.68. The fourth-order valence-corrected chi connectivity index (χ4v) is 4.60. The lowest BCUT2D eigenvalue weighted by Gasteiger charge is -2.12. The predicted octanol–water partition coefficient (Wildman–Crippen LogP) is 6.08. The Labute approximate surface area is 207 Å². The lowest BCUT2D eigenvalue weighted by molar-refractivity contribution is -0.113. The van der Waals surface area contributed by atoms with Crippen molar-refractivity contribution in [3.63, 3.8) is 0 Å². The second kappa shape index (κ2) is 10.4. The minimum atomic E-state index is -0.100. The Hall–Kier alpha value is -4.23. The average molecular weight is 478 g/mol. The molecule has 5 rings (SSSR count). The van der Waals surface area contributed by atoms with Crippen LogP contribution in [0.4, 0.5) is 5.69 Å². The van der Waals surface area contributed by atoms with Gasteiger partial charge in [-0.2, -0.15) is 0 Å². The van der Waals surface area contributed by atoms with E-state index in [1.165, 1.54) is 11.8 Å². The molecule has 0 saturated carbocycles. The van der Waals surface area contributed by atoms with Crippen LogP contribution in [0.1, 0.15) is 0 Å². The van der Waals surface area contributed by atoms with E-state index < -0.39 is 0 Å². The average Bonchev–Trinajstić information content (AvgIpc) is 3.30. The fourth-order valence-electron chi connectivity index (χ4n) is 3.85. The Morgan fingerprint density at radius 1 is 0.943 bits per heavy atom. The lowest BCUT2D eigenvalue weighted by Crippen LogP contribution is -2.14. The number of hydrogen-bond donors (Lipinski definition) is 1. The molecule has 0 saturated heterocycles. The molecular weight excluding hydrogens is 454 g/mol. The third-order valence-corrected chi connectivity index (χ3v) is 6.41. The summed E-state index contributed by atoms with van der Waals surface area (Å²) in [7, 11) is 0. The molecule has 3 aromatic carbocycles. The van der Waals surface area contributed by atoms with E-state index in [0.29, 0.717) is 17.5 Å². The van der Waals surface area contributed by atoms with Crippen molar-refractivity contribution in [3.8, 4) is 22.6 Å². The normalized spacial score (nSPS) is 10.9. The molecule has 2 aromatic heterocycles. The van der Waals surface area contributed by atoms with Gasteiger partial charge in [0.15, 0.2) is 11.0 Å². The summed E-state index contributed by atoms with van der Waals surface area (Å²) in [6.45, 7) is 4.43. The highest BCUT2D eigenvalue weighted by molar-refractivity contribution is 7.99. The number of amides is 1. The topological polar surface area (TPSA) is 72.7 Å². The molecule has 0 unspecified atom stereocenters. The Morgan fingerprint density at radius 3 is 2.43 bits per heavy atom. The van der Waals surface area contributed by atoms with E-state index >= 15 is 0 Å². The molecule has 6 nitrogen and oxygen atoms in total. The number of hydrogen-bond acceptors (Lipinski definition) is 5. The summed E-state index contributed by atoms with van der Waals surface area (Å²) in [4.78, 5) is 17.4. The molecule has 0 spiro atoms. The van der Waals surface area contributed by atoms with Gasteiger partial charge in [0.25, 0.3) is 0 Å². The summed E-state index contributed by atoms with van der Waals surface area (Å²) in [5.74, 6) is 0.833. The Balaban J connectivity index is 1.50. The van der Waals surface area contributed by atoms with Gasteiger partial charge in [-0.25, -0.2) is 4.98 Å². The van der Waals surface area contributed by atoms with Crippen molar-refractivity contribution in [1.29, 1.82) is 0 Å². The summed E-state index contributed by atoms with van der Waals surface area (Å²) >= 11 is 1.35. The number of thioether (sulfide) groups is 1. The van der Waals surface area contributed by atoms with Crippen LogP contribution in [0.15, 0.2) is 109 Å². The summed E-state index contributed by atoms with van der Waals surface area (Å²) in [5, 5.41) is 13.5. The molecule has 1 N–H and O–H groups in total. The van der Waals surface area contributed by atoms with Crippen LogP contribution >= 0.6 is 11.8 Å². The van der Waals surface area contributed by atoms with Gasteiger partial charge < -0.3 is 5.32 Å². The third-order valence-electron chi connectivity index (χ3n) is 5.45. The zero-order chi connectivity index (χ0) is 24.0. The van der Waals surface area contributed by atoms with Gasteiger partial charge >= 0.3 is 0 Å². The molecule has 0 aliphatic rings. The molecule has 172 valence electrons. The van der Waals surface area contributed by atoms with E-state index in [1.54, 1.807) is 0 Å². The highest BCUT2D eigenvalue weighted by atomic mass is 32.2. The van der Waals surface area contributed by atoms with E-state index in [-0.39, 0.29) is 11.7 Å². The first-order chi connectivity index (χ1) is 17.2. The number of rotatable bonds is 8. The number of anilines is 1. The number of fused-ring (bicyclic) bond motifs is 1. The first-order valence-electron chi connectivity index (χ1n) is 11.2. The van der Waals surface area contributed by atoms with Crippen LogP contribution in [0, 0.1) is 0 Å². The lowest BCUT2D eigenvalue weighted by atomic mass is 10.0. The number of aromatic nitrogens is 4. The smallest absolute Gasteiger partial charge is 0.234 e. The second-order valence-corrected chi connectivity index (χ2v) is 8.79. The maximum atomic E-state index is 12.5. The third kappa shape index (κ3) is 5.00. The van der Waals surface area contributed by atoms with Crippen molar-refractivity contribution in [2.24, 2.45) is 0 Å². The van der Waals surface area contributed by atoms with Gasteiger partial charge in [0.1, 0.15) is 0 Å². The zero-order valence-electron chi connectivity index (χ0n) is 19.0. The van der Waals surface area contributed by atoms with Crippen molar-refractivity contribution in [3.05, 3.63) is 104 Å². The van der Waals surface area contributed by atoms with Crippen molar-refractivity contribution in [2.45, 2.75) is 11.7 Å². The monoisotopic (exact) mass is 477 g/mol. The van der Waals surface area contributed by atoms with Gasteiger partial charge in [0, 0.05) is 28.7 Å². The van der Waals surface area contributed by atoms with Crippen molar-refractivity contribution < 1.29 is 4.79 Å². The number of nitrogens with one attached hydrogen (secondary N) is 1. The largest absolute Gasteiger partial charge is 0.325 e. The molecule has 0 fully saturated rings. The molecule has 1 amide bonds. The van der Waals surface area contributed by atoms with Gasteiger partial charge in [-0.3, -0.25) is 9.36 Å². The summed E-state index contributed by atoms with van der Waals surface area (Å²) in [5.41, 5.74) is 4.48. The molecular formula is C28H23N5OS. The second-order valence-electron chi connectivity index (χ2n) is 7.85. The molecule has 35 heavy (non-hydrogen) atoms. The molecule has 0 aliphatic heterocycles. The zero-order valence-corrected chi connectivity index (χ0v) is 19.8. The van der Waals surface area contributed by atoms with Crippen LogP contribution in [0.2, 0.25) is 0 Å². The van der Waals surface area contributed by atoms with Crippen molar-refractivity contribution in [1.82, 2.24) is 19.7 Å². The summed E-state index contributed by atoms with van der Waals surface area (Å²) < 4.78 is 1.99. The number of para-hydroxylation sites is 2. The van der Waals surface area contributed by atoms with E-state index in [2.05, 4.69) is 28.2 Å². The van der Waals surface area contributed by atoms with Crippen LogP contribution in [0.25, 0.3) is 33.5 Å². The Morgan fingerprint density at radius 2 is 1.66 bits per heavy atom. The quantitative estimate of drug-likeness (QED) is 0.217. The molecule has 0 atom stereocenters. The van der Waals surface area contributed by atoms with Crippen LogP contribution in [-0.2, 0) is 11.3 Å². The summed E-state index contributed by atoms with van der Waals surface area (Å²) in [6.07, 6.45) is 1.81. The SMILES string of the molecule is C=CCn1c(SCC(=O)Nc2ccccc2)nnc1-c1cc(-c2ccccc2)nc2ccccc12. The van der Waals surface area contributed by atoms with Crippen LogP contribution in [0.5, 0.6) is 0 Å². The minimum absolute atomic E-state index is 0.100. The number of nitrogens with zero attached hydrogens (tertiary/aromatic N) is 4. The standard InChI is InChI=1S/C28H23N5OS/c1-2-17-33-27(31-32-28(33)35-19-26(34)29-21-13-7-4-8-14-21)23-18-25(20-11-5-3-6-12-20)30-24-16-10-9-15-22(23)24/h2-16,18H,1,17,19H2,(H,29,34). The molecule has 2 heterocycles. The van der Waals surface area contributed by atoms with Gasteiger partial charge in [0.05, 0.1) is 17.0 Å². The van der Waals surface area contributed by atoms with Crippen LogP contribution in [-0.4, -0.2) is 31.4 Å². The van der Waals surface area contributed by atoms with Crippen LogP contribution < -0.4 is 5.32 Å². The van der Waals surface area contributed by atoms with Crippen LogP contribution in [0.3, 0.4) is 0 Å². The van der Waals surface area contributed by atoms with E-state index in [0.717, 1.165) is 33.4 Å². The van der Waals surface area contributed by atoms with E-state index in [1.807, 2.05) is 95.6 Å². The van der Waals surface area contributed by atoms with Crippen molar-refractivity contribution in [2.75, 3.05) is 11.1 Å². The maximum Gasteiger partial charge on any atom is 0.234 e. The fraction of sp³-hybridized carbons (Fsp3) is 0.0714.